The third kappa shape index (κ3) is 5.20. The first-order valence-electron chi connectivity index (χ1n) is 8.00. The highest BCUT2D eigenvalue weighted by Crippen LogP contribution is 2.13. The molecule has 0 aliphatic rings. The van der Waals surface area contributed by atoms with Crippen LogP contribution in [0, 0.1) is 0 Å². The van der Waals surface area contributed by atoms with Gasteiger partial charge in [0.05, 0.1) is 6.26 Å². The van der Waals surface area contributed by atoms with Gasteiger partial charge in [-0.25, -0.2) is 4.79 Å². The van der Waals surface area contributed by atoms with Gasteiger partial charge in [0.1, 0.15) is 6.04 Å². The van der Waals surface area contributed by atoms with Crippen molar-refractivity contribution in [3.8, 4) is 0 Å². The second-order valence-corrected chi connectivity index (χ2v) is 5.52. The zero-order chi connectivity index (χ0) is 18.2. The van der Waals surface area contributed by atoms with Crippen LogP contribution in [0.5, 0.6) is 0 Å². The first-order valence-corrected chi connectivity index (χ1v) is 8.00. The molecule has 0 radical (unpaired) electrons. The minimum atomic E-state index is -1.07. The number of carboxylic acids is 1. The number of nitrogens with one attached hydrogen (secondary N) is 2. The Labute approximate surface area is 145 Å². The van der Waals surface area contributed by atoms with Crippen molar-refractivity contribution in [2.24, 2.45) is 0 Å². The standard InChI is InChI=1S/C18H20N2O5/c1-2-3-8-14(18(23)24)20-16(21)12-6-4-7-13(11-12)19-17(22)15-9-5-10-25-15/h4-7,9-11,14H,2-3,8H2,1H3,(H,19,22)(H,20,21)(H,23,24)/t14-/m0/s1. The maximum absolute atomic E-state index is 12.3. The lowest BCUT2D eigenvalue weighted by molar-refractivity contribution is -0.139. The largest absolute Gasteiger partial charge is 0.480 e. The maximum Gasteiger partial charge on any atom is 0.326 e. The summed E-state index contributed by atoms with van der Waals surface area (Å²) in [4.78, 5) is 35.5. The molecule has 0 unspecified atom stereocenters. The van der Waals surface area contributed by atoms with E-state index in [0.717, 1.165) is 6.42 Å². The molecule has 0 aliphatic heterocycles. The Bertz CT molecular complexity index is 740. The van der Waals surface area contributed by atoms with E-state index >= 15 is 0 Å². The number of benzene rings is 1. The van der Waals surface area contributed by atoms with Crippen LogP contribution in [-0.2, 0) is 4.79 Å². The number of hydrogen-bond acceptors (Lipinski definition) is 4. The zero-order valence-electron chi connectivity index (χ0n) is 13.8. The summed E-state index contributed by atoms with van der Waals surface area (Å²) in [5.41, 5.74) is 0.675. The number of amides is 2. The van der Waals surface area contributed by atoms with Crippen LogP contribution < -0.4 is 10.6 Å². The molecular formula is C18H20N2O5. The Morgan fingerprint density at radius 3 is 2.60 bits per heavy atom. The second kappa shape index (κ2) is 8.68. The Hall–Kier alpha value is -3.09. The van der Waals surface area contributed by atoms with Crippen molar-refractivity contribution >= 4 is 23.5 Å². The number of unbranched alkanes of at least 4 members (excludes halogenated alkanes) is 1. The SMILES string of the molecule is CCCC[C@H](NC(=O)c1cccc(NC(=O)c2ccco2)c1)C(=O)O. The number of anilines is 1. The molecule has 1 aromatic carbocycles. The minimum absolute atomic E-state index is 0.153. The van der Waals surface area contributed by atoms with Crippen molar-refractivity contribution in [1.82, 2.24) is 5.32 Å². The van der Waals surface area contributed by atoms with Gasteiger partial charge in [0.15, 0.2) is 5.76 Å². The number of carboxylic acid groups (broad SMARTS) is 1. The molecule has 132 valence electrons. The fourth-order valence-electron chi connectivity index (χ4n) is 2.25. The van der Waals surface area contributed by atoms with Gasteiger partial charge in [0.2, 0.25) is 0 Å². The van der Waals surface area contributed by atoms with Gasteiger partial charge in [-0.3, -0.25) is 9.59 Å². The van der Waals surface area contributed by atoms with E-state index in [0.29, 0.717) is 18.5 Å². The fourth-order valence-corrected chi connectivity index (χ4v) is 2.25. The lowest BCUT2D eigenvalue weighted by Gasteiger charge is -2.14. The molecule has 25 heavy (non-hydrogen) atoms. The highest BCUT2D eigenvalue weighted by Gasteiger charge is 2.20. The lowest BCUT2D eigenvalue weighted by atomic mass is 10.1. The maximum atomic E-state index is 12.3. The van der Waals surface area contributed by atoms with E-state index in [1.807, 2.05) is 6.92 Å². The summed E-state index contributed by atoms with van der Waals surface area (Å²) in [6.07, 6.45) is 3.30. The normalized spacial score (nSPS) is 11.6. The van der Waals surface area contributed by atoms with Gasteiger partial charge < -0.3 is 20.2 Å². The molecule has 0 saturated carbocycles. The quantitative estimate of drug-likeness (QED) is 0.682. The summed E-state index contributed by atoms with van der Waals surface area (Å²) in [6.45, 7) is 1.95. The minimum Gasteiger partial charge on any atom is -0.480 e. The summed E-state index contributed by atoms with van der Waals surface area (Å²) < 4.78 is 5.01. The van der Waals surface area contributed by atoms with Gasteiger partial charge >= 0.3 is 5.97 Å². The van der Waals surface area contributed by atoms with E-state index in [9.17, 15) is 19.5 Å². The van der Waals surface area contributed by atoms with Crippen LogP contribution in [0.15, 0.2) is 47.1 Å². The van der Waals surface area contributed by atoms with Crippen molar-refractivity contribution in [3.63, 3.8) is 0 Å². The van der Waals surface area contributed by atoms with Crippen LogP contribution in [0.2, 0.25) is 0 Å². The molecule has 2 amide bonds. The predicted octanol–water partition coefficient (Wildman–Crippen LogP) is 2.91. The molecule has 1 aromatic heterocycles. The monoisotopic (exact) mass is 344 g/mol. The van der Waals surface area contributed by atoms with Crippen LogP contribution in [-0.4, -0.2) is 28.9 Å². The third-order valence-electron chi connectivity index (χ3n) is 3.58. The first-order chi connectivity index (χ1) is 12.0. The van der Waals surface area contributed by atoms with Gasteiger partial charge in [-0.15, -0.1) is 0 Å². The Morgan fingerprint density at radius 2 is 1.96 bits per heavy atom. The third-order valence-corrected chi connectivity index (χ3v) is 3.58. The van der Waals surface area contributed by atoms with E-state index in [1.54, 1.807) is 24.3 Å². The van der Waals surface area contributed by atoms with Crippen molar-refractivity contribution in [1.29, 1.82) is 0 Å². The Balaban J connectivity index is 2.05. The Kier molecular flexibility index (Phi) is 6.33. The van der Waals surface area contributed by atoms with E-state index in [-0.39, 0.29) is 11.3 Å². The number of furan rings is 1. The van der Waals surface area contributed by atoms with Crippen LogP contribution in [0.4, 0.5) is 5.69 Å². The molecular weight excluding hydrogens is 324 g/mol. The summed E-state index contributed by atoms with van der Waals surface area (Å²) in [5, 5.41) is 14.3. The average Bonchev–Trinajstić information content (AvgIpc) is 3.13. The average molecular weight is 344 g/mol. The van der Waals surface area contributed by atoms with Gasteiger partial charge in [-0.2, -0.15) is 0 Å². The Morgan fingerprint density at radius 1 is 1.16 bits per heavy atom. The van der Waals surface area contributed by atoms with E-state index < -0.39 is 23.8 Å². The first kappa shape index (κ1) is 18.3. The van der Waals surface area contributed by atoms with Gasteiger partial charge in [-0.05, 0) is 36.8 Å². The molecule has 0 spiro atoms. The molecule has 0 aliphatic carbocycles. The molecule has 0 fully saturated rings. The van der Waals surface area contributed by atoms with E-state index in [4.69, 9.17) is 4.42 Å². The second-order valence-electron chi connectivity index (χ2n) is 5.52. The molecule has 7 heteroatoms. The lowest BCUT2D eigenvalue weighted by Crippen LogP contribution is -2.40. The molecule has 2 aromatic rings. The highest BCUT2D eigenvalue weighted by molar-refractivity contribution is 6.03. The molecule has 0 bridgehead atoms. The van der Waals surface area contributed by atoms with Crippen molar-refractivity contribution in [3.05, 3.63) is 54.0 Å². The number of rotatable bonds is 8. The van der Waals surface area contributed by atoms with Gasteiger partial charge in [0.25, 0.3) is 11.8 Å². The number of aliphatic carboxylic acids is 1. The van der Waals surface area contributed by atoms with E-state index in [1.165, 1.54) is 18.4 Å². The van der Waals surface area contributed by atoms with Crippen molar-refractivity contribution < 1.29 is 23.9 Å². The van der Waals surface area contributed by atoms with Crippen LogP contribution in [0.1, 0.15) is 47.1 Å². The molecule has 1 heterocycles. The number of carbonyl (C=O) groups excluding carboxylic acids is 2. The zero-order valence-corrected chi connectivity index (χ0v) is 13.8. The molecule has 2 rings (SSSR count). The molecule has 1 atom stereocenters. The van der Waals surface area contributed by atoms with E-state index in [2.05, 4.69) is 10.6 Å². The summed E-state index contributed by atoms with van der Waals surface area (Å²) in [7, 11) is 0. The molecule has 7 nitrogen and oxygen atoms in total. The fraction of sp³-hybridized carbons (Fsp3) is 0.278. The summed E-state index contributed by atoms with van der Waals surface area (Å²) in [5.74, 6) is -1.85. The van der Waals surface area contributed by atoms with Crippen LogP contribution >= 0.6 is 0 Å². The topological polar surface area (TPSA) is 109 Å². The molecule has 0 saturated heterocycles. The highest BCUT2D eigenvalue weighted by atomic mass is 16.4. The van der Waals surface area contributed by atoms with Crippen molar-refractivity contribution in [2.45, 2.75) is 32.2 Å². The van der Waals surface area contributed by atoms with Crippen LogP contribution in [0.25, 0.3) is 0 Å². The number of carbonyl (C=O) groups is 3. The smallest absolute Gasteiger partial charge is 0.326 e. The van der Waals surface area contributed by atoms with Gasteiger partial charge in [-0.1, -0.05) is 25.8 Å². The summed E-state index contributed by atoms with van der Waals surface area (Å²) >= 11 is 0. The van der Waals surface area contributed by atoms with Crippen LogP contribution in [0.3, 0.4) is 0 Å². The molecule has 3 N–H and O–H groups in total. The predicted molar refractivity (Wildman–Crippen MR) is 91.5 cm³/mol. The number of hydrogen-bond donors (Lipinski definition) is 3. The van der Waals surface area contributed by atoms with Gasteiger partial charge in [0, 0.05) is 11.3 Å². The van der Waals surface area contributed by atoms with Crippen molar-refractivity contribution in [2.75, 3.05) is 5.32 Å². The summed E-state index contributed by atoms with van der Waals surface area (Å²) in [6, 6.07) is 8.45.